The first kappa shape index (κ1) is 30.1. The highest BCUT2D eigenvalue weighted by Gasteiger charge is 2.44. The summed E-state index contributed by atoms with van der Waals surface area (Å²) in [5.41, 5.74) is 7.10. The van der Waals surface area contributed by atoms with Crippen LogP contribution in [0.25, 0.3) is 27.6 Å². The summed E-state index contributed by atoms with van der Waals surface area (Å²) in [4.78, 5) is 43.3. The van der Waals surface area contributed by atoms with Gasteiger partial charge in [-0.15, -0.1) is 0 Å². The summed E-state index contributed by atoms with van der Waals surface area (Å²) >= 11 is -0.0225. The molecule has 1 aromatic heterocycles. The number of nitrogens with zero attached hydrogens (tertiary/aromatic N) is 3. The third kappa shape index (κ3) is 5.48. The van der Waals surface area contributed by atoms with Crippen LogP contribution in [0.3, 0.4) is 0 Å². The molecule has 1 saturated heterocycles. The zero-order valence-electron chi connectivity index (χ0n) is 26.5. The number of ether oxygens (including phenoxy) is 1. The Balaban J connectivity index is 1.05. The van der Waals surface area contributed by atoms with Gasteiger partial charge in [-0.2, -0.15) is 0 Å². The van der Waals surface area contributed by atoms with E-state index in [0.29, 0.717) is 55.3 Å². The minimum absolute atomic E-state index is 0.0225. The van der Waals surface area contributed by atoms with E-state index in [-0.39, 0.29) is 38.0 Å². The molecule has 4 aliphatic rings. The van der Waals surface area contributed by atoms with E-state index in [4.69, 9.17) is 4.74 Å². The third-order valence-corrected chi connectivity index (χ3v) is 12.5. The number of carbonyl (C=O) groups excluding carboxylic acids is 2. The first-order valence-corrected chi connectivity index (χ1v) is 18.9. The molecule has 2 fully saturated rings. The maximum absolute atomic E-state index is 14.1. The van der Waals surface area contributed by atoms with Crippen LogP contribution >= 0.6 is 20.7 Å². The Bertz CT molecular complexity index is 2030. The number of hydrogen-bond acceptors (Lipinski definition) is 5. The third-order valence-electron chi connectivity index (χ3n) is 9.95. The lowest BCUT2D eigenvalue weighted by atomic mass is 9.82. The van der Waals surface area contributed by atoms with Crippen LogP contribution in [0.4, 0.5) is 0 Å². The molecular formula is C38H36IN3O5. The highest BCUT2D eigenvalue weighted by atomic mass is 127. The molecule has 8 nitrogen and oxygen atoms in total. The summed E-state index contributed by atoms with van der Waals surface area (Å²) in [6.07, 6.45) is 8.06. The Morgan fingerprint density at radius 2 is 1.70 bits per heavy atom. The van der Waals surface area contributed by atoms with Gasteiger partial charge in [-0.3, -0.25) is 9.59 Å². The van der Waals surface area contributed by atoms with Gasteiger partial charge in [0.05, 0.1) is 22.1 Å². The zero-order chi connectivity index (χ0) is 32.4. The van der Waals surface area contributed by atoms with Crippen LogP contribution in [-0.2, 0) is 0 Å². The molecule has 8 rings (SSSR count). The maximum Gasteiger partial charge on any atom is 0.335 e. The minimum Gasteiger partial charge on any atom is -0.486 e. The van der Waals surface area contributed by atoms with Gasteiger partial charge in [-0.1, -0.05) is 38.9 Å². The average Bonchev–Trinajstić information content (AvgIpc) is 3.87. The van der Waals surface area contributed by atoms with Gasteiger partial charge in [-0.25, -0.2) is 4.79 Å². The number of Topliss-reactive ketones (excluding diaryl/α,β-unsaturated/α-hetero) is 1. The second-order valence-corrected chi connectivity index (χ2v) is 15.5. The summed E-state index contributed by atoms with van der Waals surface area (Å²) in [7, 11) is 2.09. The molecule has 0 unspecified atom stereocenters. The van der Waals surface area contributed by atoms with E-state index < -0.39 is 11.6 Å². The molecule has 1 amide bonds. The number of carboxylic acid groups (broad SMARTS) is 1. The number of allylic oxidation sites excluding steroid dienone is 1. The zero-order valence-corrected chi connectivity index (χ0v) is 28.6. The summed E-state index contributed by atoms with van der Waals surface area (Å²) < 4.78 is 12.3. The number of ketones is 1. The lowest BCUT2D eigenvalue weighted by Crippen LogP contribution is -2.52. The highest BCUT2D eigenvalue weighted by molar-refractivity contribution is 14.2. The predicted octanol–water partition coefficient (Wildman–Crippen LogP) is 7.31. The van der Waals surface area contributed by atoms with Crippen molar-refractivity contribution in [1.82, 2.24) is 14.4 Å². The van der Waals surface area contributed by atoms with Gasteiger partial charge < -0.3 is 24.2 Å². The van der Waals surface area contributed by atoms with Crippen LogP contribution in [-0.4, -0.2) is 71.4 Å². The fourth-order valence-corrected chi connectivity index (χ4v) is 9.31. The van der Waals surface area contributed by atoms with E-state index in [1.807, 2.05) is 41.3 Å². The van der Waals surface area contributed by atoms with E-state index in [9.17, 15) is 19.5 Å². The summed E-state index contributed by atoms with van der Waals surface area (Å²) in [6.45, 7) is 3.10. The topological polar surface area (TPSA) is 92.1 Å². The van der Waals surface area contributed by atoms with Crippen LogP contribution in [0.15, 0.2) is 67.0 Å². The van der Waals surface area contributed by atoms with Crippen LogP contribution < -0.4 is 4.74 Å². The molecule has 0 bridgehead atoms. The van der Waals surface area contributed by atoms with E-state index in [2.05, 4.69) is 45.9 Å². The molecule has 3 aromatic carbocycles. The molecule has 0 radical (unpaired) electrons. The van der Waals surface area contributed by atoms with Crippen LogP contribution in [0.2, 0.25) is 0 Å². The van der Waals surface area contributed by atoms with E-state index >= 15 is 0 Å². The number of alkyl halides is 1. The van der Waals surface area contributed by atoms with Crippen LogP contribution in [0.5, 0.6) is 5.75 Å². The van der Waals surface area contributed by atoms with Crippen molar-refractivity contribution in [3.05, 3.63) is 94.8 Å². The monoisotopic (exact) mass is 741 g/mol. The standard InChI is InChI=1S/C38H36IN3O5/c1-23-20-42(29-8-9-29)32-17-27(16-30(35(23)32)24-3-5-25(6-4-24)37(45)46)36(44)41-13-11-38(12-14-41)18-33(43)31-15-26(7-10-34(31)47-38)28-19-39-22-40(2)21-28/h3-7,10,15-17,19-21,29H,8-9,11-14,18,22H2,1-2H3,(H,45,46). The molecule has 9 heteroatoms. The Morgan fingerprint density at radius 1 is 0.957 bits per heavy atom. The summed E-state index contributed by atoms with van der Waals surface area (Å²) in [6, 6.07) is 17.3. The molecule has 4 aromatic rings. The molecule has 3 aliphatic heterocycles. The fourth-order valence-electron chi connectivity index (χ4n) is 7.30. The van der Waals surface area contributed by atoms with Gasteiger partial charge in [0.2, 0.25) is 0 Å². The molecule has 0 atom stereocenters. The van der Waals surface area contributed by atoms with Crippen molar-refractivity contribution >= 4 is 58.9 Å². The first-order valence-electron chi connectivity index (χ1n) is 16.2. The minimum atomic E-state index is -0.966. The Hall–Kier alpha value is -4.25. The van der Waals surface area contributed by atoms with E-state index in [1.165, 1.54) is 5.57 Å². The lowest BCUT2D eigenvalue weighted by molar-refractivity contribution is -0.00572. The molecule has 1 N–H and O–H groups in total. The van der Waals surface area contributed by atoms with Gasteiger partial charge in [-0.05, 0) is 82.4 Å². The smallest absolute Gasteiger partial charge is 0.335 e. The van der Waals surface area contributed by atoms with E-state index in [0.717, 1.165) is 50.5 Å². The summed E-state index contributed by atoms with van der Waals surface area (Å²) in [5.74, 6) is -0.258. The second-order valence-electron chi connectivity index (χ2n) is 13.4. The van der Waals surface area contributed by atoms with Crippen molar-refractivity contribution < 1.29 is 24.2 Å². The van der Waals surface area contributed by atoms with Gasteiger partial charge in [0.1, 0.15) is 11.4 Å². The first-order chi connectivity index (χ1) is 22.7. The number of halogens is 1. The Kier molecular flexibility index (Phi) is 7.35. The second kappa shape index (κ2) is 11.5. The van der Waals surface area contributed by atoms with Crippen molar-refractivity contribution in [2.45, 2.75) is 50.7 Å². The van der Waals surface area contributed by atoms with Gasteiger partial charge in [0, 0.05) is 73.5 Å². The molecule has 240 valence electrons. The maximum atomic E-state index is 14.1. The van der Waals surface area contributed by atoms with Crippen molar-refractivity contribution in [3.8, 4) is 16.9 Å². The summed E-state index contributed by atoms with van der Waals surface area (Å²) in [5, 5.41) is 10.5. The van der Waals surface area contributed by atoms with Gasteiger partial charge in [0.25, 0.3) is 5.91 Å². The molecule has 1 spiro atoms. The number of amides is 1. The van der Waals surface area contributed by atoms with E-state index in [1.54, 1.807) is 12.1 Å². The molecule has 1 saturated carbocycles. The number of benzene rings is 3. The number of aromatic nitrogens is 1. The van der Waals surface area contributed by atoms with Crippen molar-refractivity contribution in [1.29, 1.82) is 0 Å². The number of piperidine rings is 1. The quantitative estimate of drug-likeness (QED) is 0.131. The van der Waals surface area contributed by atoms with Crippen molar-refractivity contribution in [2.24, 2.45) is 0 Å². The SMILES string of the molecule is Cc1cn(C2CC2)c2cc(C(=O)N3CCC4(CC3)CC(=O)c3cc(C5=CN(C)CI=C5)ccc3O4)cc(-c3ccc(C(=O)O)cc3)c12. The predicted molar refractivity (Wildman–Crippen MR) is 192 cm³/mol. The van der Waals surface area contributed by atoms with Crippen molar-refractivity contribution in [3.63, 3.8) is 0 Å². The number of fused-ring (bicyclic) bond motifs is 2. The Labute approximate surface area is 283 Å². The van der Waals surface area contributed by atoms with Crippen LogP contribution in [0, 0.1) is 6.92 Å². The highest BCUT2D eigenvalue weighted by Crippen LogP contribution is 2.43. The fraction of sp³-hybridized carbons (Fsp3) is 0.316. The van der Waals surface area contributed by atoms with Crippen LogP contribution in [0.1, 0.15) is 80.3 Å². The molecule has 4 heterocycles. The lowest BCUT2D eigenvalue weighted by Gasteiger charge is -2.44. The molecule has 1 aliphatic carbocycles. The van der Waals surface area contributed by atoms with Gasteiger partial charge >= 0.3 is 5.97 Å². The number of hydrogen-bond donors (Lipinski definition) is 1. The van der Waals surface area contributed by atoms with Gasteiger partial charge in [0.15, 0.2) is 5.78 Å². The number of carbonyl (C=O) groups is 3. The normalized spacial score (nSPS) is 18.9. The number of rotatable bonds is 5. The average molecular weight is 742 g/mol. The number of likely N-dealkylation sites (tertiary alicyclic amines) is 1. The molecular weight excluding hydrogens is 705 g/mol. The number of aromatic carboxylic acids is 1. The van der Waals surface area contributed by atoms with Crippen molar-refractivity contribution in [2.75, 3.05) is 24.7 Å². The number of aryl methyl sites for hydroxylation is 1. The Morgan fingerprint density at radius 3 is 2.40 bits per heavy atom. The largest absolute Gasteiger partial charge is 0.486 e. The molecule has 47 heavy (non-hydrogen) atoms. The number of carboxylic acids is 1.